The molecule has 0 radical (unpaired) electrons. The summed E-state index contributed by atoms with van der Waals surface area (Å²) in [5.74, 6) is 1.09. The van der Waals surface area contributed by atoms with Gasteiger partial charge in [0, 0.05) is 43.1 Å². The first kappa shape index (κ1) is 15.8. The zero-order valence-corrected chi connectivity index (χ0v) is 14.2. The summed E-state index contributed by atoms with van der Waals surface area (Å²) in [7, 11) is 1.82. The molecule has 23 heavy (non-hydrogen) atoms. The molecule has 2 atom stereocenters. The molecule has 0 spiro atoms. The van der Waals surface area contributed by atoms with Gasteiger partial charge in [0.25, 0.3) is 0 Å². The molecule has 6 heteroatoms. The zero-order valence-electron chi connectivity index (χ0n) is 13.4. The van der Waals surface area contributed by atoms with Crippen LogP contribution in [0.15, 0.2) is 35.8 Å². The molecule has 1 aliphatic heterocycles. The van der Waals surface area contributed by atoms with Gasteiger partial charge in [0.05, 0.1) is 17.7 Å². The second-order valence-corrected chi connectivity index (χ2v) is 6.76. The van der Waals surface area contributed by atoms with E-state index < -0.39 is 0 Å². The Hall–Kier alpha value is -2.08. The van der Waals surface area contributed by atoms with Crippen LogP contribution in [0, 0.1) is 0 Å². The molecule has 0 fully saturated rings. The summed E-state index contributed by atoms with van der Waals surface area (Å²) in [6, 6.07) is 7.82. The maximum atomic E-state index is 12.5. The maximum absolute atomic E-state index is 12.5. The quantitative estimate of drug-likeness (QED) is 0.934. The normalized spacial score (nSPS) is 17.7. The molecular formula is C17H21N3O2S. The first-order valence-corrected chi connectivity index (χ1v) is 8.66. The number of aromatic nitrogens is 1. The van der Waals surface area contributed by atoms with E-state index in [9.17, 15) is 4.79 Å². The molecule has 0 unspecified atom stereocenters. The van der Waals surface area contributed by atoms with Crippen molar-refractivity contribution in [3.8, 4) is 5.75 Å². The third-order valence-corrected chi connectivity index (χ3v) is 5.03. The molecule has 2 heterocycles. The number of thiazole rings is 1. The van der Waals surface area contributed by atoms with Crippen molar-refractivity contribution >= 4 is 17.4 Å². The van der Waals surface area contributed by atoms with Gasteiger partial charge in [-0.2, -0.15) is 0 Å². The van der Waals surface area contributed by atoms with Gasteiger partial charge < -0.3 is 15.0 Å². The summed E-state index contributed by atoms with van der Waals surface area (Å²) >= 11 is 1.63. The van der Waals surface area contributed by atoms with Crippen LogP contribution in [0.3, 0.4) is 0 Å². The van der Waals surface area contributed by atoms with Crippen LogP contribution in [0.2, 0.25) is 0 Å². The van der Waals surface area contributed by atoms with Gasteiger partial charge in [-0.3, -0.25) is 0 Å². The number of nitrogens with zero attached hydrogens (tertiary/aromatic N) is 2. The van der Waals surface area contributed by atoms with Crippen LogP contribution in [0.5, 0.6) is 5.75 Å². The Bertz CT molecular complexity index is 660. The molecule has 3 rings (SSSR count). The number of carbonyl (C=O) groups excluding carboxylic acids is 1. The minimum Gasteiger partial charge on any atom is -0.493 e. The lowest BCUT2D eigenvalue weighted by Gasteiger charge is -2.29. The second kappa shape index (κ2) is 7.00. The molecule has 122 valence electrons. The smallest absolute Gasteiger partial charge is 0.317 e. The summed E-state index contributed by atoms with van der Waals surface area (Å²) in [6.07, 6.45) is 2.59. The molecule has 2 amide bonds. The Labute approximate surface area is 140 Å². The third-order valence-electron chi connectivity index (χ3n) is 4.02. The van der Waals surface area contributed by atoms with Gasteiger partial charge in [0.15, 0.2) is 0 Å². The van der Waals surface area contributed by atoms with Crippen LogP contribution in [-0.2, 0) is 0 Å². The van der Waals surface area contributed by atoms with E-state index in [0.717, 1.165) is 22.7 Å². The van der Waals surface area contributed by atoms with Crippen molar-refractivity contribution in [3.63, 3.8) is 0 Å². The number of para-hydroxylation sites is 1. The van der Waals surface area contributed by atoms with Gasteiger partial charge in [0.2, 0.25) is 0 Å². The van der Waals surface area contributed by atoms with Crippen LogP contribution in [0.4, 0.5) is 4.79 Å². The fourth-order valence-electron chi connectivity index (χ4n) is 2.80. The van der Waals surface area contributed by atoms with Crippen molar-refractivity contribution in [1.82, 2.24) is 15.2 Å². The zero-order chi connectivity index (χ0) is 16.2. The summed E-state index contributed by atoms with van der Waals surface area (Å²) < 4.78 is 5.64. The molecular weight excluding hydrogens is 310 g/mol. The van der Waals surface area contributed by atoms with Gasteiger partial charge in [0.1, 0.15) is 5.75 Å². The highest BCUT2D eigenvalue weighted by Crippen LogP contribution is 2.31. The lowest BCUT2D eigenvalue weighted by molar-refractivity contribution is 0.194. The van der Waals surface area contributed by atoms with Gasteiger partial charge in [-0.05, 0) is 6.07 Å². The topological polar surface area (TPSA) is 54.5 Å². The van der Waals surface area contributed by atoms with Gasteiger partial charge in [-0.15, -0.1) is 11.3 Å². The molecule has 1 aromatic carbocycles. The van der Waals surface area contributed by atoms with Gasteiger partial charge >= 0.3 is 6.03 Å². The molecule has 1 aromatic heterocycles. The van der Waals surface area contributed by atoms with Crippen LogP contribution in [0.25, 0.3) is 0 Å². The number of nitrogens with one attached hydrogen (secondary N) is 1. The van der Waals surface area contributed by atoms with E-state index in [2.05, 4.69) is 17.2 Å². The fourth-order valence-corrected chi connectivity index (χ4v) is 3.49. The average molecular weight is 331 g/mol. The largest absolute Gasteiger partial charge is 0.493 e. The van der Waals surface area contributed by atoms with Gasteiger partial charge in [-0.1, -0.05) is 25.1 Å². The van der Waals surface area contributed by atoms with Crippen LogP contribution < -0.4 is 10.1 Å². The Morgan fingerprint density at radius 1 is 1.52 bits per heavy atom. The standard InChI is InChI=1S/C17H21N3O2S/c1-12(16-18-8-10-23-16)11-20(2)17(21)19-14-7-9-22-15-6-4-3-5-13(14)15/h3-6,8,10,12,14H,7,9,11H2,1-2H3,(H,19,21)/t12-,14+/m0/s1. The highest BCUT2D eigenvalue weighted by atomic mass is 32.1. The Kier molecular flexibility index (Phi) is 4.81. The molecule has 1 aliphatic rings. The average Bonchev–Trinajstić information content (AvgIpc) is 3.09. The Balaban J connectivity index is 1.61. The minimum absolute atomic E-state index is 0.00469. The highest BCUT2D eigenvalue weighted by molar-refractivity contribution is 7.09. The van der Waals surface area contributed by atoms with E-state index in [-0.39, 0.29) is 18.0 Å². The van der Waals surface area contributed by atoms with Crippen molar-refractivity contribution < 1.29 is 9.53 Å². The maximum Gasteiger partial charge on any atom is 0.317 e. The van der Waals surface area contributed by atoms with Crippen molar-refractivity contribution in [2.75, 3.05) is 20.2 Å². The second-order valence-electron chi connectivity index (χ2n) is 5.83. The fraction of sp³-hybridized carbons (Fsp3) is 0.412. The SMILES string of the molecule is C[C@@H](CN(C)C(=O)N[C@@H]1CCOc2ccccc21)c1nccs1. The van der Waals surface area contributed by atoms with Crippen molar-refractivity contribution in [2.45, 2.75) is 25.3 Å². The molecule has 0 saturated heterocycles. The number of hydrogen-bond donors (Lipinski definition) is 1. The summed E-state index contributed by atoms with van der Waals surface area (Å²) in [6.45, 7) is 3.36. The van der Waals surface area contributed by atoms with E-state index in [0.29, 0.717) is 13.2 Å². The minimum atomic E-state index is -0.0601. The predicted molar refractivity (Wildman–Crippen MR) is 91.0 cm³/mol. The molecule has 5 nitrogen and oxygen atoms in total. The van der Waals surface area contributed by atoms with E-state index in [1.165, 1.54) is 0 Å². The lowest BCUT2D eigenvalue weighted by Crippen LogP contribution is -2.42. The monoisotopic (exact) mass is 331 g/mol. The number of carbonyl (C=O) groups is 1. The number of ether oxygens (including phenoxy) is 1. The number of amides is 2. The molecule has 0 saturated carbocycles. The number of benzene rings is 1. The third kappa shape index (κ3) is 3.64. The highest BCUT2D eigenvalue weighted by Gasteiger charge is 2.24. The van der Waals surface area contributed by atoms with Crippen molar-refractivity contribution in [3.05, 3.63) is 46.4 Å². The molecule has 1 N–H and O–H groups in total. The Morgan fingerprint density at radius 3 is 3.13 bits per heavy atom. The summed E-state index contributed by atoms with van der Waals surface area (Å²) in [4.78, 5) is 18.5. The summed E-state index contributed by atoms with van der Waals surface area (Å²) in [5, 5.41) is 6.14. The number of likely N-dealkylation sites (N-methyl/N-ethyl adjacent to an activating group) is 1. The Morgan fingerprint density at radius 2 is 2.35 bits per heavy atom. The number of rotatable bonds is 4. The van der Waals surface area contributed by atoms with Crippen LogP contribution >= 0.6 is 11.3 Å². The van der Waals surface area contributed by atoms with Crippen LogP contribution in [-0.4, -0.2) is 36.1 Å². The van der Waals surface area contributed by atoms with E-state index in [1.54, 1.807) is 22.4 Å². The lowest BCUT2D eigenvalue weighted by atomic mass is 10.0. The number of fused-ring (bicyclic) bond motifs is 1. The number of hydrogen-bond acceptors (Lipinski definition) is 4. The van der Waals surface area contributed by atoms with E-state index in [4.69, 9.17) is 4.74 Å². The molecule has 0 bridgehead atoms. The van der Waals surface area contributed by atoms with Crippen molar-refractivity contribution in [2.24, 2.45) is 0 Å². The molecule has 0 aliphatic carbocycles. The molecule has 2 aromatic rings. The van der Waals surface area contributed by atoms with Gasteiger partial charge in [-0.25, -0.2) is 9.78 Å². The summed E-state index contributed by atoms with van der Waals surface area (Å²) in [5.41, 5.74) is 1.05. The van der Waals surface area contributed by atoms with E-state index in [1.807, 2.05) is 36.7 Å². The van der Waals surface area contributed by atoms with E-state index >= 15 is 0 Å². The predicted octanol–water partition coefficient (Wildman–Crippen LogP) is 3.41. The first-order valence-electron chi connectivity index (χ1n) is 7.78. The number of urea groups is 1. The van der Waals surface area contributed by atoms with Crippen molar-refractivity contribution in [1.29, 1.82) is 0 Å². The first-order chi connectivity index (χ1) is 11.1. The van der Waals surface area contributed by atoms with Crippen LogP contribution in [0.1, 0.15) is 35.9 Å².